The first-order valence-corrected chi connectivity index (χ1v) is 20.3. The third kappa shape index (κ3) is 6.78. The van der Waals surface area contributed by atoms with Crippen LogP contribution in [0.25, 0.3) is 77.2 Å². The summed E-state index contributed by atoms with van der Waals surface area (Å²) in [5, 5.41) is 14.2. The molecular formula is C53H41F6N3. The molecule has 9 rings (SSSR count). The Labute approximate surface area is 355 Å². The average Bonchev–Trinajstić information content (AvgIpc) is 3.74. The predicted molar refractivity (Wildman–Crippen MR) is 238 cm³/mol. The van der Waals surface area contributed by atoms with Crippen LogP contribution in [0.15, 0.2) is 140 Å². The fraction of sp³-hybridized carbons (Fsp3) is 0.189. The number of benzene rings is 7. The zero-order valence-corrected chi connectivity index (χ0v) is 34.9. The minimum atomic E-state index is -5.09. The van der Waals surface area contributed by atoms with Crippen molar-refractivity contribution in [2.75, 3.05) is 0 Å². The number of nitrogens with zero attached hydrogens (tertiary/aromatic N) is 3. The zero-order valence-electron chi connectivity index (χ0n) is 34.9. The second-order valence-corrected chi connectivity index (χ2v) is 18.0. The van der Waals surface area contributed by atoms with Crippen molar-refractivity contribution in [3.8, 4) is 39.7 Å². The van der Waals surface area contributed by atoms with E-state index in [0.29, 0.717) is 34.1 Å². The first-order valence-electron chi connectivity index (χ1n) is 20.3. The van der Waals surface area contributed by atoms with Crippen LogP contribution in [0.1, 0.15) is 69.4 Å². The Morgan fingerprint density at radius 3 is 1.35 bits per heavy atom. The minimum absolute atomic E-state index is 0.0869. The molecule has 3 nitrogen and oxygen atoms in total. The van der Waals surface area contributed by atoms with Crippen molar-refractivity contribution in [3.05, 3.63) is 167 Å². The second kappa shape index (κ2) is 14.1. The molecule has 0 amide bonds. The van der Waals surface area contributed by atoms with E-state index in [-0.39, 0.29) is 28.0 Å². The molecule has 0 N–H and O–H groups in total. The quantitative estimate of drug-likeness (QED) is 0.163. The van der Waals surface area contributed by atoms with Gasteiger partial charge in [0.1, 0.15) is 0 Å². The molecule has 7 aromatic carbocycles. The topological polar surface area (TPSA) is 33.6 Å². The van der Waals surface area contributed by atoms with Crippen LogP contribution in [0.2, 0.25) is 0 Å². The minimum Gasteiger partial charge on any atom is -0.309 e. The van der Waals surface area contributed by atoms with Crippen LogP contribution in [0.5, 0.6) is 0 Å². The van der Waals surface area contributed by atoms with Gasteiger partial charge in [-0.05, 0) is 99.8 Å². The van der Waals surface area contributed by atoms with Crippen LogP contribution in [-0.2, 0) is 23.2 Å². The number of alkyl halides is 6. The lowest BCUT2D eigenvalue weighted by molar-refractivity contribution is -0.142. The Balaban J connectivity index is 1.41. The van der Waals surface area contributed by atoms with E-state index >= 15 is 0 Å². The van der Waals surface area contributed by atoms with Gasteiger partial charge in [0.05, 0.1) is 56.2 Å². The lowest BCUT2D eigenvalue weighted by atomic mass is 9.86. The van der Waals surface area contributed by atoms with Crippen LogP contribution >= 0.6 is 0 Å². The Kier molecular flexibility index (Phi) is 9.26. The molecule has 0 radical (unpaired) electrons. The number of hydrogen-bond donors (Lipinski definition) is 0. The largest absolute Gasteiger partial charge is 0.417 e. The molecule has 310 valence electrons. The summed E-state index contributed by atoms with van der Waals surface area (Å²) in [6, 6.07) is 42.9. The second-order valence-electron chi connectivity index (χ2n) is 18.0. The fourth-order valence-corrected chi connectivity index (χ4v) is 8.73. The lowest BCUT2D eigenvalue weighted by Crippen LogP contribution is -2.12. The number of halogens is 6. The third-order valence-electron chi connectivity index (χ3n) is 11.9. The molecule has 9 heteroatoms. The molecule has 0 bridgehead atoms. The number of aromatic nitrogens is 2. The number of hydrogen-bond acceptors (Lipinski definition) is 1. The van der Waals surface area contributed by atoms with E-state index in [1.54, 1.807) is 18.2 Å². The molecule has 0 atom stereocenters. The van der Waals surface area contributed by atoms with Crippen molar-refractivity contribution in [2.24, 2.45) is 0 Å². The number of para-hydroxylation sites is 2. The molecule has 0 saturated heterocycles. The maximum atomic E-state index is 14.8. The summed E-state index contributed by atoms with van der Waals surface area (Å²) in [5.74, 6) is 0. The molecule has 0 aliphatic carbocycles. The molecule has 0 aliphatic rings. The molecule has 2 aromatic heterocycles. The van der Waals surface area contributed by atoms with Gasteiger partial charge in [-0.2, -0.15) is 31.6 Å². The van der Waals surface area contributed by atoms with Gasteiger partial charge in [0.15, 0.2) is 0 Å². The number of fused-ring (bicyclic) bond motifs is 6. The molecule has 0 spiro atoms. The van der Waals surface area contributed by atoms with Crippen molar-refractivity contribution in [3.63, 3.8) is 0 Å². The number of rotatable bonds is 4. The Morgan fingerprint density at radius 2 is 0.871 bits per heavy atom. The molecule has 9 aromatic rings. The highest BCUT2D eigenvalue weighted by atomic mass is 19.4. The molecule has 0 fully saturated rings. The van der Waals surface area contributed by atoms with Gasteiger partial charge >= 0.3 is 12.4 Å². The molecule has 62 heavy (non-hydrogen) atoms. The van der Waals surface area contributed by atoms with Gasteiger partial charge in [-0.25, -0.2) is 0 Å². The fourth-order valence-electron chi connectivity index (χ4n) is 8.73. The van der Waals surface area contributed by atoms with Crippen LogP contribution in [0.4, 0.5) is 26.3 Å². The summed E-state index contributed by atoms with van der Waals surface area (Å²) in [4.78, 5) is 0. The van der Waals surface area contributed by atoms with Gasteiger partial charge in [-0.1, -0.05) is 114 Å². The maximum Gasteiger partial charge on any atom is 0.417 e. The zero-order chi connectivity index (χ0) is 44.1. The van der Waals surface area contributed by atoms with E-state index in [9.17, 15) is 31.6 Å². The number of nitriles is 1. The molecule has 0 saturated carbocycles. The first kappa shape index (κ1) is 40.6. The standard InChI is InChI=1S/C53H41F6N3/c1-50(2,3)33-18-23-46-41(27-33)37-11-7-9-13-44(37)61(46)48-25-31(30-60)15-20-39(48)40-21-16-32(36-22-17-35(52(54,55)56)29-43(36)53(57,58)59)26-49(40)62-45-14-10-8-12-38(45)42-28-34(51(4,5)6)19-24-47(42)62/h7-29H,1-6H3. The summed E-state index contributed by atoms with van der Waals surface area (Å²) in [6.07, 6.45) is -10.1. The highest BCUT2D eigenvalue weighted by molar-refractivity contribution is 6.12. The Hall–Kier alpha value is -6.79. The van der Waals surface area contributed by atoms with Crippen LogP contribution in [-0.4, -0.2) is 9.13 Å². The molecule has 0 unspecified atom stereocenters. The van der Waals surface area contributed by atoms with Crippen LogP contribution in [0.3, 0.4) is 0 Å². The monoisotopic (exact) mass is 833 g/mol. The van der Waals surface area contributed by atoms with Crippen molar-refractivity contribution in [2.45, 2.75) is 64.7 Å². The summed E-state index contributed by atoms with van der Waals surface area (Å²) in [5.41, 5.74) is 5.16. The normalized spacial score (nSPS) is 12.8. The summed E-state index contributed by atoms with van der Waals surface area (Å²) in [7, 11) is 0. The smallest absolute Gasteiger partial charge is 0.309 e. The SMILES string of the molecule is CC(C)(C)c1ccc2c(c1)c1ccccc1n2-c1cc(C#N)ccc1-c1ccc(-c2ccc(C(F)(F)F)cc2C(F)(F)F)cc1-n1c2ccccc2c2cc(C(C)(C)C)ccc21. The highest BCUT2D eigenvalue weighted by Crippen LogP contribution is 2.46. The summed E-state index contributed by atoms with van der Waals surface area (Å²) >= 11 is 0. The maximum absolute atomic E-state index is 14.8. The van der Waals surface area contributed by atoms with Crippen molar-refractivity contribution >= 4 is 43.6 Å². The lowest BCUT2D eigenvalue weighted by Gasteiger charge is -2.22. The predicted octanol–water partition coefficient (Wildman–Crippen LogP) is 15.7. The molecule has 0 aliphatic heterocycles. The Bertz CT molecular complexity index is 3300. The summed E-state index contributed by atoms with van der Waals surface area (Å²) in [6.45, 7) is 12.9. The van der Waals surface area contributed by atoms with Crippen molar-refractivity contribution in [1.29, 1.82) is 5.26 Å². The van der Waals surface area contributed by atoms with E-state index in [0.717, 1.165) is 60.8 Å². The van der Waals surface area contributed by atoms with Crippen LogP contribution < -0.4 is 0 Å². The van der Waals surface area contributed by atoms with Gasteiger partial charge in [-0.15, -0.1) is 0 Å². The van der Waals surface area contributed by atoms with E-state index in [1.165, 1.54) is 6.07 Å². The summed E-state index contributed by atoms with van der Waals surface area (Å²) < 4.78 is 90.1. The van der Waals surface area contributed by atoms with Gasteiger partial charge in [0.2, 0.25) is 0 Å². The highest BCUT2D eigenvalue weighted by Gasteiger charge is 2.38. The van der Waals surface area contributed by atoms with E-state index in [4.69, 9.17) is 0 Å². The van der Waals surface area contributed by atoms with Gasteiger partial charge in [-0.3, -0.25) is 0 Å². The molecule has 2 heterocycles. The van der Waals surface area contributed by atoms with Gasteiger partial charge in [0, 0.05) is 32.7 Å². The van der Waals surface area contributed by atoms with Gasteiger partial charge in [0.25, 0.3) is 0 Å². The Morgan fingerprint density at radius 1 is 0.419 bits per heavy atom. The van der Waals surface area contributed by atoms with Gasteiger partial charge < -0.3 is 9.13 Å². The van der Waals surface area contributed by atoms with E-state index in [2.05, 4.69) is 88.6 Å². The molecular weight excluding hydrogens is 793 g/mol. The van der Waals surface area contributed by atoms with Crippen molar-refractivity contribution in [1.82, 2.24) is 9.13 Å². The van der Waals surface area contributed by atoms with Crippen molar-refractivity contribution < 1.29 is 26.3 Å². The van der Waals surface area contributed by atoms with Crippen LogP contribution in [0, 0.1) is 11.3 Å². The third-order valence-corrected chi connectivity index (χ3v) is 11.9. The average molecular weight is 834 g/mol. The van der Waals surface area contributed by atoms with E-state index in [1.807, 2.05) is 65.2 Å². The van der Waals surface area contributed by atoms with E-state index < -0.39 is 23.5 Å². The first-order chi connectivity index (χ1) is 29.2.